The Kier molecular flexibility index (Phi) is 2.65. The molecule has 1 heterocycles. The van der Waals surface area contributed by atoms with Gasteiger partial charge in [-0.05, 0) is 0 Å². The number of anilines is 1. The van der Waals surface area contributed by atoms with Crippen LogP contribution >= 0.6 is 11.6 Å². The zero-order valence-electron chi connectivity index (χ0n) is 6.58. The van der Waals surface area contributed by atoms with Gasteiger partial charge < -0.3 is 4.90 Å². The summed E-state index contributed by atoms with van der Waals surface area (Å²) in [5.41, 5.74) is 0.942. The Hall–Kier alpha value is -0.830. The number of aromatic nitrogens is 2. The van der Waals surface area contributed by atoms with Crippen LogP contribution in [0.25, 0.3) is 0 Å². The Morgan fingerprint density at radius 2 is 1.91 bits per heavy atom. The molecule has 0 radical (unpaired) electrons. The van der Waals surface area contributed by atoms with E-state index < -0.39 is 0 Å². The summed E-state index contributed by atoms with van der Waals surface area (Å²) in [6.07, 6.45) is 3.46. The molecule has 1 aromatic heterocycles. The van der Waals surface area contributed by atoms with Gasteiger partial charge in [0.05, 0.1) is 5.88 Å². The van der Waals surface area contributed by atoms with E-state index in [1.54, 1.807) is 12.4 Å². The molecule has 0 saturated carbocycles. The molecule has 0 saturated heterocycles. The average molecular weight is 172 g/mol. The van der Waals surface area contributed by atoms with E-state index in [0.717, 1.165) is 5.56 Å². The van der Waals surface area contributed by atoms with Crippen molar-refractivity contribution >= 4 is 17.5 Å². The van der Waals surface area contributed by atoms with Crippen LogP contribution in [0.15, 0.2) is 12.4 Å². The first-order valence-corrected chi connectivity index (χ1v) is 3.81. The molecule has 0 spiro atoms. The molecule has 0 aliphatic heterocycles. The topological polar surface area (TPSA) is 29.0 Å². The van der Waals surface area contributed by atoms with Crippen molar-refractivity contribution in [3.05, 3.63) is 18.0 Å². The van der Waals surface area contributed by atoms with Crippen LogP contribution in [-0.2, 0) is 5.88 Å². The van der Waals surface area contributed by atoms with Crippen molar-refractivity contribution in [2.45, 2.75) is 5.88 Å². The third-order valence-electron chi connectivity index (χ3n) is 1.25. The molecule has 0 atom stereocenters. The number of alkyl halides is 1. The van der Waals surface area contributed by atoms with Crippen LogP contribution in [0, 0.1) is 0 Å². The fraction of sp³-hybridized carbons (Fsp3) is 0.429. The van der Waals surface area contributed by atoms with Crippen LogP contribution in [0.1, 0.15) is 5.56 Å². The molecule has 0 fully saturated rings. The third-order valence-corrected chi connectivity index (χ3v) is 1.55. The van der Waals surface area contributed by atoms with Gasteiger partial charge in [0.2, 0.25) is 5.95 Å². The number of hydrogen-bond acceptors (Lipinski definition) is 3. The zero-order chi connectivity index (χ0) is 8.27. The zero-order valence-corrected chi connectivity index (χ0v) is 7.34. The van der Waals surface area contributed by atoms with Crippen molar-refractivity contribution < 1.29 is 0 Å². The molecular weight excluding hydrogens is 162 g/mol. The Bertz CT molecular complexity index is 220. The van der Waals surface area contributed by atoms with Crippen molar-refractivity contribution in [1.29, 1.82) is 0 Å². The maximum atomic E-state index is 5.57. The minimum Gasteiger partial charge on any atom is -0.347 e. The minimum atomic E-state index is 0.466. The van der Waals surface area contributed by atoms with Gasteiger partial charge in [-0.3, -0.25) is 0 Å². The van der Waals surface area contributed by atoms with Gasteiger partial charge >= 0.3 is 0 Å². The summed E-state index contributed by atoms with van der Waals surface area (Å²) in [6, 6.07) is 0. The molecule has 0 N–H and O–H groups in total. The van der Waals surface area contributed by atoms with Crippen molar-refractivity contribution in [3.8, 4) is 0 Å². The molecule has 0 unspecified atom stereocenters. The van der Waals surface area contributed by atoms with Gasteiger partial charge in [-0.15, -0.1) is 11.6 Å². The van der Waals surface area contributed by atoms with Crippen LogP contribution in [0.3, 0.4) is 0 Å². The maximum absolute atomic E-state index is 5.57. The fourth-order valence-corrected chi connectivity index (χ4v) is 0.786. The van der Waals surface area contributed by atoms with Crippen molar-refractivity contribution in [3.63, 3.8) is 0 Å². The largest absolute Gasteiger partial charge is 0.347 e. The molecule has 0 aliphatic rings. The van der Waals surface area contributed by atoms with E-state index >= 15 is 0 Å². The highest BCUT2D eigenvalue weighted by atomic mass is 35.5. The van der Waals surface area contributed by atoms with Gasteiger partial charge in [0, 0.05) is 32.1 Å². The predicted molar refractivity (Wildman–Crippen MR) is 45.9 cm³/mol. The molecule has 0 aromatic carbocycles. The van der Waals surface area contributed by atoms with Crippen molar-refractivity contribution in [2.24, 2.45) is 0 Å². The normalized spacial score (nSPS) is 9.73. The molecule has 11 heavy (non-hydrogen) atoms. The standard InChI is InChI=1S/C7H10ClN3/c1-11(2)7-9-4-6(3-8)5-10-7/h4-5H,3H2,1-2H3. The lowest BCUT2D eigenvalue weighted by molar-refractivity contribution is 0.985. The van der Waals surface area contributed by atoms with Crippen LogP contribution in [0.2, 0.25) is 0 Å². The van der Waals surface area contributed by atoms with Crippen molar-refractivity contribution in [1.82, 2.24) is 9.97 Å². The minimum absolute atomic E-state index is 0.466. The molecular formula is C7H10ClN3. The van der Waals surface area contributed by atoms with Crippen LogP contribution in [0.4, 0.5) is 5.95 Å². The molecule has 1 aromatic rings. The molecule has 1 rings (SSSR count). The van der Waals surface area contributed by atoms with E-state index in [1.807, 2.05) is 19.0 Å². The molecule has 4 heteroatoms. The molecule has 0 bridgehead atoms. The van der Waals surface area contributed by atoms with Gasteiger partial charge in [-0.1, -0.05) is 0 Å². The monoisotopic (exact) mass is 171 g/mol. The van der Waals surface area contributed by atoms with Crippen molar-refractivity contribution in [2.75, 3.05) is 19.0 Å². The Balaban J connectivity index is 2.83. The molecule has 0 amide bonds. The first-order valence-electron chi connectivity index (χ1n) is 3.28. The lowest BCUT2D eigenvalue weighted by Crippen LogP contribution is -2.12. The second-order valence-electron chi connectivity index (χ2n) is 2.42. The summed E-state index contributed by atoms with van der Waals surface area (Å²) in [5.74, 6) is 1.17. The fourth-order valence-electron chi connectivity index (χ4n) is 0.648. The second-order valence-corrected chi connectivity index (χ2v) is 2.69. The van der Waals surface area contributed by atoms with Gasteiger partial charge in [0.25, 0.3) is 0 Å². The maximum Gasteiger partial charge on any atom is 0.224 e. The summed E-state index contributed by atoms with van der Waals surface area (Å²) in [7, 11) is 3.80. The first kappa shape index (κ1) is 8.27. The quantitative estimate of drug-likeness (QED) is 0.628. The third kappa shape index (κ3) is 2.05. The highest BCUT2D eigenvalue weighted by molar-refractivity contribution is 6.17. The van der Waals surface area contributed by atoms with Gasteiger partial charge in [0.1, 0.15) is 0 Å². The van der Waals surface area contributed by atoms with Gasteiger partial charge in [-0.25, -0.2) is 9.97 Å². The average Bonchev–Trinajstić information content (AvgIpc) is 2.05. The number of halogens is 1. The summed E-state index contributed by atoms with van der Waals surface area (Å²) in [5, 5.41) is 0. The van der Waals surface area contributed by atoms with E-state index in [0.29, 0.717) is 11.8 Å². The smallest absolute Gasteiger partial charge is 0.224 e. The number of hydrogen-bond donors (Lipinski definition) is 0. The van der Waals surface area contributed by atoms with Crippen LogP contribution in [-0.4, -0.2) is 24.1 Å². The number of rotatable bonds is 2. The number of nitrogens with zero attached hydrogens (tertiary/aromatic N) is 3. The van der Waals surface area contributed by atoms with E-state index in [9.17, 15) is 0 Å². The lowest BCUT2D eigenvalue weighted by atomic mass is 10.4. The lowest BCUT2D eigenvalue weighted by Gasteiger charge is -2.08. The van der Waals surface area contributed by atoms with E-state index in [-0.39, 0.29) is 0 Å². The summed E-state index contributed by atoms with van der Waals surface area (Å²) >= 11 is 5.57. The van der Waals surface area contributed by atoms with Crippen LogP contribution < -0.4 is 4.90 Å². The highest BCUT2D eigenvalue weighted by Crippen LogP contribution is 2.04. The second kappa shape index (κ2) is 3.53. The summed E-state index contributed by atoms with van der Waals surface area (Å²) in [6.45, 7) is 0. The molecule has 0 aliphatic carbocycles. The Morgan fingerprint density at radius 1 is 1.36 bits per heavy atom. The Morgan fingerprint density at radius 3 is 2.27 bits per heavy atom. The van der Waals surface area contributed by atoms with E-state index in [4.69, 9.17) is 11.6 Å². The van der Waals surface area contributed by atoms with E-state index in [2.05, 4.69) is 9.97 Å². The summed E-state index contributed by atoms with van der Waals surface area (Å²) < 4.78 is 0. The molecule has 60 valence electrons. The highest BCUT2D eigenvalue weighted by Gasteiger charge is 1.96. The van der Waals surface area contributed by atoms with E-state index in [1.165, 1.54) is 0 Å². The van der Waals surface area contributed by atoms with Gasteiger partial charge in [0.15, 0.2) is 0 Å². The van der Waals surface area contributed by atoms with Crippen LogP contribution in [0.5, 0.6) is 0 Å². The predicted octanol–water partition coefficient (Wildman–Crippen LogP) is 1.28. The molecule has 3 nitrogen and oxygen atoms in total. The first-order chi connectivity index (χ1) is 5.24. The Labute approximate surface area is 71.0 Å². The summed E-state index contributed by atoms with van der Waals surface area (Å²) in [4.78, 5) is 10.0. The SMILES string of the molecule is CN(C)c1ncc(CCl)cn1. The van der Waals surface area contributed by atoms with Gasteiger partial charge in [-0.2, -0.15) is 0 Å².